The molecule has 2 amide bonds. The SMILES string of the molecule is CC1Oc2ccc(CN(Cc3cccc(CN(Cc4ccccc4)C(=O)OC(C)(C)C)c3)C(=O)OC(C)(C)C)cc2N=C1N. The maximum absolute atomic E-state index is 13.4. The molecule has 0 radical (unpaired) electrons. The molecule has 1 heterocycles. The summed E-state index contributed by atoms with van der Waals surface area (Å²) in [7, 11) is 0. The van der Waals surface area contributed by atoms with Crippen LogP contribution in [-0.4, -0.2) is 45.1 Å². The second kappa shape index (κ2) is 13.4. The summed E-state index contributed by atoms with van der Waals surface area (Å²) in [6, 6.07) is 23.3. The van der Waals surface area contributed by atoms with Crippen molar-refractivity contribution in [3.8, 4) is 5.75 Å². The molecule has 9 heteroatoms. The van der Waals surface area contributed by atoms with Gasteiger partial charge < -0.3 is 19.9 Å². The largest absolute Gasteiger partial charge is 0.481 e. The number of fused-ring (bicyclic) bond motifs is 1. The van der Waals surface area contributed by atoms with Gasteiger partial charge in [0.15, 0.2) is 6.10 Å². The summed E-state index contributed by atoms with van der Waals surface area (Å²) in [5.74, 6) is 1.06. The minimum absolute atomic E-state index is 0.287. The van der Waals surface area contributed by atoms with Gasteiger partial charge in [0.25, 0.3) is 0 Å². The lowest BCUT2D eigenvalue weighted by Gasteiger charge is -2.29. The van der Waals surface area contributed by atoms with Crippen molar-refractivity contribution in [1.29, 1.82) is 0 Å². The Balaban J connectivity index is 1.57. The van der Waals surface area contributed by atoms with Crippen LogP contribution < -0.4 is 10.5 Å². The van der Waals surface area contributed by atoms with Gasteiger partial charge in [-0.3, -0.25) is 9.80 Å². The van der Waals surface area contributed by atoms with Crippen molar-refractivity contribution < 1.29 is 23.8 Å². The van der Waals surface area contributed by atoms with Gasteiger partial charge in [-0.1, -0.05) is 60.7 Å². The van der Waals surface area contributed by atoms with E-state index in [1.807, 2.05) is 121 Å². The number of benzene rings is 3. The fraction of sp³-hybridized carbons (Fsp3) is 0.400. The van der Waals surface area contributed by atoms with E-state index in [0.29, 0.717) is 36.9 Å². The van der Waals surface area contributed by atoms with Crippen LogP contribution in [0, 0.1) is 0 Å². The molecule has 3 aromatic rings. The highest BCUT2D eigenvalue weighted by Crippen LogP contribution is 2.33. The molecule has 4 rings (SSSR count). The summed E-state index contributed by atoms with van der Waals surface area (Å²) >= 11 is 0. The first-order chi connectivity index (χ1) is 20.6. The normalized spacial score (nSPS) is 14.5. The molecule has 0 aliphatic carbocycles. The first-order valence-electron chi connectivity index (χ1n) is 14.9. The molecule has 2 N–H and O–H groups in total. The first kappa shape index (κ1) is 32.4. The average molecular weight is 601 g/mol. The summed E-state index contributed by atoms with van der Waals surface area (Å²) in [6.07, 6.45) is -1.12. The fourth-order valence-electron chi connectivity index (χ4n) is 4.64. The van der Waals surface area contributed by atoms with Gasteiger partial charge in [-0.15, -0.1) is 0 Å². The van der Waals surface area contributed by atoms with E-state index >= 15 is 0 Å². The molecule has 0 saturated carbocycles. The molecule has 0 aromatic heterocycles. The molecule has 1 aliphatic heterocycles. The Morgan fingerprint density at radius 1 is 0.727 bits per heavy atom. The van der Waals surface area contributed by atoms with Crippen LogP contribution in [0.4, 0.5) is 15.3 Å². The number of amides is 2. The third-order valence-corrected chi connectivity index (χ3v) is 6.62. The average Bonchev–Trinajstić information content (AvgIpc) is 2.92. The molecular formula is C35H44N4O5. The summed E-state index contributed by atoms with van der Waals surface area (Å²) in [6.45, 7) is 14.3. The van der Waals surface area contributed by atoms with E-state index in [-0.39, 0.29) is 12.6 Å². The number of nitrogens with two attached hydrogens (primary N) is 1. The Hall–Kier alpha value is -4.53. The second-order valence-corrected chi connectivity index (χ2v) is 13.1. The maximum Gasteiger partial charge on any atom is 0.410 e. The molecule has 0 saturated heterocycles. The predicted octanol–water partition coefficient (Wildman–Crippen LogP) is 7.33. The second-order valence-electron chi connectivity index (χ2n) is 13.1. The Bertz CT molecular complexity index is 1490. The van der Waals surface area contributed by atoms with Crippen LogP contribution in [0.5, 0.6) is 5.75 Å². The van der Waals surface area contributed by atoms with Crippen LogP contribution in [0.3, 0.4) is 0 Å². The highest BCUT2D eigenvalue weighted by atomic mass is 16.6. The van der Waals surface area contributed by atoms with Gasteiger partial charge in [0, 0.05) is 26.2 Å². The number of amidine groups is 1. The number of ether oxygens (including phenoxy) is 3. The van der Waals surface area contributed by atoms with E-state index in [0.717, 1.165) is 22.3 Å². The summed E-state index contributed by atoms with van der Waals surface area (Å²) in [4.78, 5) is 34.4. The fourth-order valence-corrected chi connectivity index (χ4v) is 4.64. The highest BCUT2D eigenvalue weighted by Gasteiger charge is 2.25. The summed E-state index contributed by atoms with van der Waals surface area (Å²) < 4.78 is 17.3. The van der Waals surface area contributed by atoms with Gasteiger partial charge in [0.05, 0.1) is 0 Å². The Labute approximate surface area is 260 Å². The standard InChI is InChI=1S/C35H44N4O5/c1-24-31(36)37-29-19-28(16-17-30(29)42-24)23-39(33(41)44-35(5,6)7)22-27-15-11-14-26(18-27)21-38(32(40)43-34(2,3)4)20-25-12-9-8-10-13-25/h8-19,24H,20-23H2,1-7H3,(H2,36,37). The van der Waals surface area contributed by atoms with Crippen molar-refractivity contribution in [2.45, 2.75) is 92.0 Å². The molecule has 1 atom stereocenters. The number of aliphatic imine (C=N–C) groups is 1. The van der Waals surface area contributed by atoms with E-state index in [4.69, 9.17) is 19.9 Å². The number of carbonyl (C=O) groups is 2. The molecule has 44 heavy (non-hydrogen) atoms. The van der Waals surface area contributed by atoms with Crippen LogP contribution in [-0.2, 0) is 35.7 Å². The number of hydrogen-bond donors (Lipinski definition) is 1. The summed E-state index contributed by atoms with van der Waals surface area (Å²) in [5.41, 5.74) is 9.03. The summed E-state index contributed by atoms with van der Waals surface area (Å²) in [5, 5.41) is 0. The molecule has 1 unspecified atom stereocenters. The molecular weight excluding hydrogens is 556 g/mol. The monoisotopic (exact) mass is 600 g/mol. The number of nitrogens with zero attached hydrogens (tertiary/aromatic N) is 3. The quantitative estimate of drug-likeness (QED) is 0.290. The van der Waals surface area contributed by atoms with Gasteiger partial charge in [-0.25, -0.2) is 14.6 Å². The van der Waals surface area contributed by atoms with Crippen LogP contribution in [0.15, 0.2) is 77.8 Å². The van der Waals surface area contributed by atoms with Crippen molar-refractivity contribution in [2.75, 3.05) is 0 Å². The van der Waals surface area contributed by atoms with Gasteiger partial charge in [-0.2, -0.15) is 0 Å². The van der Waals surface area contributed by atoms with Crippen LogP contribution in [0.2, 0.25) is 0 Å². The Kier molecular flexibility index (Phi) is 9.87. The van der Waals surface area contributed by atoms with Crippen molar-refractivity contribution in [2.24, 2.45) is 10.7 Å². The first-order valence-corrected chi connectivity index (χ1v) is 14.9. The van der Waals surface area contributed by atoms with Gasteiger partial charge in [0.1, 0.15) is 28.5 Å². The lowest BCUT2D eigenvalue weighted by atomic mass is 10.1. The lowest BCUT2D eigenvalue weighted by Crippen LogP contribution is -2.36. The third-order valence-electron chi connectivity index (χ3n) is 6.62. The molecule has 234 valence electrons. The topological polar surface area (TPSA) is 107 Å². The Morgan fingerprint density at radius 3 is 1.73 bits per heavy atom. The minimum Gasteiger partial charge on any atom is -0.481 e. The number of rotatable bonds is 8. The molecule has 0 spiro atoms. The van der Waals surface area contributed by atoms with Crippen molar-refractivity contribution in [3.05, 3.63) is 95.1 Å². The predicted molar refractivity (Wildman–Crippen MR) is 172 cm³/mol. The molecule has 0 bridgehead atoms. The molecule has 1 aliphatic rings. The Morgan fingerprint density at radius 2 is 1.20 bits per heavy atom. The minimum atomic E-state index is -0.666. The highest BCUT2D eigenvalue weighted by molar-refractivity contribution is 5.89. The molecule has 9 nitrogen and oxygen atoms in total. The number of carbonyl (C=O) groups excluding carboxylic acids is 2. The zero-order valence-electron chi connectivity index (χ0n) is 26.8. The van der Waals surface area contributed by atoms with E-state index in [1.165, 1.54) is 0 Å². The van der Waals surface area contributed by atoms with Crippen LogP contribution in [0.25, 0.3) is 0 Å². The van der Waals surface area contributed by atoms with Crippen LogP contribution in [0.1, 0.15) is 70.7 Å². The van der Waals surface area contributed by atoms with Crippen LogP contribution >= 0.6 is 0 Å². The number of hydrogen-bond acceptors (Lipinski definition) is 7. The zero-order chi connectivity index (χ0) is 32.1. The van der Waals surface area contributed by atoms with Gasteiger partial charge in [0.2, 0.25) is 0 Å². The smallest absolute Gasteiger partial charge is 0.410 e. The van der Waals surface area contributed by atoms with E-state index < -0.39 is 23.4 Å². The maximum atomic E-state index is 13.4. The van der Waals surface area contributed by atoms with E-state index in [9.17, 15) is 9.59 Å². The van der Waals surface area contributed by atoms with Crippen molar-refractivity contribution in [3.63, 3.8) is 0 Å². The van der Waals surface area contributed by atoms with E-state index in [2.05, 4.69) is 4.99 Å². The molecule has 0 fully saturated rings. The lowest BCUT2D eigenvalue weighted by molar-refractivity contribution is 0.0210. The zero-order valence-corrected chi connectivity index (χ0v) is 26.8. The van der Waals surface area contributed by atoms with Gasteiger partial charge in [-0.05, 0) is 82.9 Å². The third kappa shape index (κ3) is 9.49. The van der Waals surface area contributed by atoms with Crippen molar-refractivity contribution >= 4 is 23.7 Å². The van der Waals surface area contributed by atoms with E-state index in [1.54, 1.807) is 9.80 Å². The van der Waals surface area contributed by atoms with Gasteiger partial charge >= 0.3 is 12.2 Å². The molecule has 3 aromatic carbocycles. The van der Waals surface area contributed by atoms with Crippen molar-refractivity contribution in [1.82, 2.24) is 9.80 Å².